The summed E-state index contributed by atoms with van der Waals surface area (Å²) in [5.41, 5.74) is 4.42. The Labute approximate surface area is 194 Å². The zero-order valence-electron chi connectivity index (χ0n) is 16.6. The minimum absolute atomic E-state index is 0.119. The molecule has 2 heterocycles. The van der Waals surface area contributed by atoms with E-state index in [0.717, 1.165) is 42.5 Å². The summed E-state index contributed by atoms with van der Waals surface area (Å²) in [7, 11) is 0. The Bertz CT molecular complexity index is 1340. The molecule has 0 spiro atoms. The molecule has 0 aliphatic heterocycles. The Kier molecular flexibility index (Phi) is 5.74. The van der Waals surface area contributed by atoms with Gasteiger partial charge in [-0.3, -0.25) is 9.36 Å². The molecule has 2 aromatic carbocycles. The van der Waals surface area contributed by atoms with E-state index in [2.05, 4.69) is 0 Å². The summed E-state index contributed by atoms with van der Waals surface area (Å²) in [5, 5.41) is 2.42. The van der Waals surface area contributed by atoms with Crippen LogP contribution in [-0.2, 0) is 18.6 Å². The standard InChI is InChI=1S/C24H19Cl2N3OS/c25-17-10-8-15(9-11-17)14-31-24-28-22-20(12-16-4-1-2-7-21(16)27-22)23(30)29(24)19-6-3-5-18(26)13-19/h3,5-6,8-13H,1-2,4,7,14H2. The number of thioether (sulfide) groups is 1. The summed E-state index contributed by atoms with van der Waals surface area (Å²) in [6.07, 6.45) is 4.16. The molecule has 7 heteroatoms. The van der Waals surface area contributed by atoms with Crippen molar-refractivity contribution in [3.8, 4) is 5.69 Å². The Morgan fingerprint density at radius 3 is 2.55 bits per heavy atom. The Balaban J connectivity index is 1.66. The van der Waals surface area contributed by atoms with Gasteiger partial charge in [0.05, 0.1) is 11.1 Å². The van der Waals surface area contributed by atoms with E-state index in [1.807, 2.05) is 42.5 Å². The van der Waals surface area contributed by atoms with Gasteiger partial charge in [-0.2, -0.15) is 0 Å². The normalized spacial score (nSPS) is 13.4. The Hall–Kier alpha value is -2.34. The molecule has 4 nitrogen and oxygen atoms in total. The van der Waals surface area contributed by atoms with Crippen LogP contribution >= 0.6 is 35.0 Å². The average Bonchev–Trinajstić information content (AvgIpc) is 2.78. The van der Waals surface area contributed by atoms with Crippen LogP contribution in [0.15, 0.2) is 64.5 Å². The maximum atomic E-state index is 13.6. The van der Waals surface area contributed by atoms with Crippen LogP contribution in [0.2, 0.25) is 10.0 Å². The molecule has 0 fully saturated rings. The van der Waals surface area contributed by atoms with Crippen LogP contribution in [0.25, 0.3) is 16.7 Å². The number of pyridine rings is 1. The first-order chi connectivity index (χ1) is 15.1. The Morgan fingerprint density at radius 1 is 0.935 bits per heavy atom. The molecular formula is C24H19Cl2N3OS. The van der Waals surface area contributed by atoms with Gasteiger partial charge in [0.25, 0.3) is 5.56 Å². The lowest BCUT2D eigenvalue weighted by Crippen LogP contribution is -2.23. The number of nitrogens with zero attached hydrogens (tertiary/aromatic N) is 3. The molecule has 0 saturated heterocycles. The SMILES string of the molecule is O=c1c2cc3c(nc2nc(SCc2ccc(Cl)cc2)n1-c1cccc(Cl)c1)CCCC3. The summed E-state index contributed by atoms with van der Waals surface area (Å²) < 4.78 is 1.64. The number of halogens is 2. The van der Waals surface area contributed by atoms with Crippen molar-refractivity contribution in [2.24, 2.45) is 0 Å². The molecule has 1 aliphatic carbocycles. The van der Waals surface area contributed by atoms with Crippen molar-refractivity contribution in [3.05, 3.63) is 91.8 Å². The Morgan fingerprint density at radius 2 is 1.74 bits per heavy atom. The molecule has 31 heavy (non-hydrogen) atoms. The lowest BCUT2D eigenvalue weighted by Gasteiger charge is -2.17. The van der Waals surface area contributed by atoms with Gasteiger partial charge in [-0.1, -0.05) is 53.2 Å². The summed E-state index contributed by atoms with van der Waals surface area (Å²) in [6.45, 7) is 0. The largest absolute Gasteiger partial charge is 0.268 e. The van der Waals surface area contributed by atoms with Gasteiger partial charge in [-0.15, -0.1) is 0 Å². The molecule has 0 N–H and O–H groups in total. The minimum Gasteiger partial charge on any atom is -0.268 e. The first-order valence-electron chi connectivity index (χ1n) is 10.2. The minimum atomic E-state index is -0.119. The van der Waals surface area contributed by atoms with E-state index >= 15 is 0 Å². The molecule has 0 bridgehead atoms. The third kappa shape index (κ3) is 4.22. The fraction of sp³-hybridized carbons (Fsp3) is 0.208. The van der Waals surface area contributed by atoms with E-state index in [4.69, 9.17) is 33.2 Å². The molecule has 1 aliphatic rings. The van der Waals surface area contributed by atoms with E-state index in [0.29, 0.717) is 37.7 Å². The first kappa shape index (κ1) is 20.6. The van der Waals surface area contributed by atoms with Crippen molar-refractivity contribution in [2.45, 2.75) is 36.6 Å². The van der Waals surface area contributed by atoms with Gasteiger partial charge in [0, 0.05) is 21.5 Å². The van der Waals surface area contributed by atoms with Crippen LogP contribution in [0.5, 0.6) is 0 Å². The molecule has 2 aromatic heterocycles. The van der Waals surface area contributed by atoms with E-state index in [9.17, 15) is 4.79 Å². The van der Waals surface area contributed by atoms with Crippen LogP contribution in [-0.4, -0.2) is 14.5 Å². The van der Waals surface area contributed by atoms with Gasteiger partial charge in [0.2, 0.25) is 0 Å². The molecule has 5 rings (SSSR count). The fourth-order valence-electron chi connectivity index (χ4n) is 3.88. The zero-order chi connectivity index (χ0) is 21.4. The molecule has 0 amide bonds. The highest BCUT2D eigenvalue weighted by Gasteiger charge is 2.19. The van der Waals surface area contributed by atoms with Gasteiger partial charge in [0.1, 0.15) is 0 Å². The smallest absolute Gasteiger partial charge is 0.268 e. The molecule has 4 aromatic rings. The number of aromatic nitrogens is 3. The van der Waals surface area contributed by atoms with Crippen molar-refractivity contribution in [1.82, 2.24) is 14.5 Å². The topological polar surface area (TPSA) is 47.8 Å². The van der Waals surface area contributed by atoms with Crippen molar-refractivity contribution < 1.29 is 0 Å². The number of benzene rings is 2. The van der Waals surface area contributed by atoms with E-state index < -0.39 is 0 Å². The molecule has 0 saturated carbocycles. The third-order valence-corrected chi connectivity index (χ3v) is 6.95. The van der Waals surface area contributed by atoms with Crippen molar-refractivity contribution in [2.75, 3.05) is 0 Å². The fourth-order valence-corrected chi connectivity index (χ4v) is 5.15. The summed E-state index contributed by atoms with van der Waals surface area (Å²) in [6, 6.07) is 17.0. The van der Waals surface area contributed by atoms with Crippen molar-refractivity contribution in [3.63, 3.8) is 0 Å². The number of aryl methyl sites for hydroxylation is 2. The number of hydrogen-bond donors (Lipinski definition) is 0. The first-order valence-corrected chi connectivity index (χ1v) is 11.9. The lowest BCUT2D eigenvalue weighted by molar-refractivity contribution is 0.669. The highest BCUT2D eigenvalue weighted by atomic mass is 35.5. The number of fused-ring (bicyclic) bond motifs is 2. The quantitative estimate of drug-likeness (QED) is 0.262. The highest BCUT2D eigenvalue weighted by Crippen LogP contribution is 2.28. The zero-order valence-corrected chi connectivity index (χ0v) is 19.0. The van der Waals surface area contributed by atoms with E-state index in [-0.39, 0.29) is 5.56 Å². The van der Waals surface area contributed by atoms with Crippen LogP contribution in [0, 0.1) is 0 Å². The maximum Gasteiger partial charge on any atom is 0.268 e. The number of hydrogen-bond acceptors (Lipinski definition) is 4. The third-order valence-electron chi connectivity index (χ3n) is 5.45. The van der Waals surface area contributed by atoms with Crippen molar-refractivity contribution >= 4 is 46.0 Å². The van der Waals surface area contributed by atoms with Crippen LogP contribution in [0.4, 0.5) is 0 Å². The lowest BCUT2D eigenvalue weighted by atomic mass is 9.95. The van der Waals surface area contributed by atoms with E-state index in [1.165, 1.54) is 11.8 Å². The predicted octanol–water partition coefficient (Wildman–Crippen LogP) is 6.26. The van der Waals surface area contributed by atoms with Crippen LogP contribution in [0.3, 0.4) is 0 Å². The van der Waals surface area contributed by atoms with Crippen LogP contribution in [0.1, 0.15) is 29.7 Å². The maximum absolute atomic E-state index is 13.6. The van der Waals surface area contributed by atoms with Crippen molar-refractivity contribution in [1.29, 1.82) is 0 Å². The highest BCUT2D eigenvalue weighted by molar-refractivity contribution is 7.98. The molecule has 0 radical (unpaired) electrons. The predicted molar refractivity (Wildman–Crippen MR) is 128 cm³/mol. The van der Waals surface area contributed by atoms with Crippen LogP contribution < -0.4 is 5.56 Å². The molecule has 0 atom stereocenters. The summed E-state index contributed by atoms with van der Waals surface area (Å²) in [4.78, 5) is 23.2. The molecule has 0 unspecified atom stereocenters. The average molecular weight is 468 g/mol. The molecule has 156 valence electrons. The number of rotatable bonds is 4. The van der Waals surface area contributed by atoms with Gasteiger partial charge < -0.3 is 0 Å². The van der Waals surface area contributed by atoms with Gasteiger partial charge in [-0.25, -0.2) is 9.97 Å². The second kappa shape index (κ2) is 8.65. The molecular weight excluding hydrogens is 449 g/mol. The van der Waals surface area contributed by atoms with Gasteiger partial charge >= 0.3 is 0 Å². The van der Waals surface area contributed by atoms with Gasteiger partial charge in [-0.05, 0) is 73.2 Å². The second-order valence-electron chi connectivity index (χ2n) is 7.60. The van der Waals surface area contributed by atoms with Gasteiger partial charge in [0.15, 0.2) is 10.8 Å². The monoisotopic (exact) mass is 467 g/mol. The summed E-state index contributed by atoms with van der Waals surface area (Å²) in [5.74, 6) is 0.653. The summed E-state index contributed by atoms with van der Waals surface area (Å²) >= 11 is 13.7. The van der Waals surface area contributed by atoms with E-state index in [1.54, 1.807) is 16.7 Å². The second-order valence-corrected chi connectivity index (χ2v) is 9.42.